The van der Waals surface area contributed by atoms with Crippen LogP contribution in [0.3, 0.4) is 0 Å². The summed E-state index contributed by atoms with van der Waals surface area (Å²) < 4.78 is 5.45. The lowest BCUT2D eigenvalue weighted by Gasteiger charge is -2.28. The maximum Gasteiger partial charge on any atom is 0.312 e. The number of carbonyl (C=O) groups excluding carboxylic acids is 1. The third-order valence-electron chi connectivity index (χ3n) is 3.95. The molecule has 1 saturated heterocycles. The second kappa shape index (κ2) is 10.4. The van der Waals surface area contributed by atoms with Crippen LogP contribution in [0.2, 0.25) is 5.02 Å². The minimum atomic E-state index is -0.545. The Morgan fingerprint density at radius 2 is 2.28 bits per heavy atom. The fourth-order valence-corrected chi connectivity index (χ4v) is 2.97. The van der Waals surface area contributed by atoms with E-state index in [4.69, 9.17) is 16.3 Å². The van der Waals surface area contributed by atoms with E-state index in [0.717, 1.165) is 25.9 Å². The molecule has 0 aromatic heterocycles. The van der Waals surface area contributed by atoms with Crippen LogP contribution in [-0.2, 0) is 4.79 Å². The Kier molecular flexibility index (Phi) is 8.96. The minimum absolute atomic E-state index is 0. The highest BCUT2D eigenvalue weighted by Crippen LogP contribution is 2.30. The zero-order valence-electron chi connectivity index (χ0n) is 14.1. The predicted molar refractivity (Wildman–Crippen MR) is 98.7 cm³/mol. The largest absolute Gasteiger partial charge is 0.486 e. The van der Waals surface area contributed by atoms with Crippen molar-refractivity contribution in [2.24, 2.45) is 0 Å². The molecule has 0 spiro atoms. The second-order valence-corrected chi connectivity index (χ2v) is 6.14. The lowest BCUT2D eigenvalue weighted by molar-refractivity contribution is -0.385. The first-order valence-electron chi connectivity index (χ1n) is 8.09. The molecule has 140 valence electrons. The van der Waals surface area contributed by atoms with Crippen molar-refractivity contribution in [2.75, 3.05) is 26.2 Å². The number of ether oxygens (including phenoxy) is 1. The molecule has 9 heteroatoms. The lowest BCUT2D eigenvalue weighted by Crippen LogP contribution is -2.42. The van der Waals surface area contributed by atoms with Crippen LogP contribution in [0.4, 0.5) is 5.69 Å². The number of amides is 1. The van der Waals surface area contributed by atoms with Gasteiger partial charge in [-0.1, -0.05) is 18.5 Å². The molecular formula is C16H23Cl2N3O4. The molecule has 0 saturated carbocycles. The van der Waals surface area contributed by atoms with E-state index < -0.39 is 4.92 Å². The summed E-state index contributed by atoms with van der Waals surface area (Å²) in [6.07, 6.45) is 2.04. The number of nitro groups is 1. The number of nitrogens with one attached hydrogen (secondary N) is 1. The summed E-state index contributed by atoms with van der Waals surface area (Å²) in [7, 11) is 0. The quantitative estimate of drug-likeness (QED) is 0.543. The van der Waals surface area contributed by atoms with Crippen LogP contribution in [-0.4, -0.2) is 48.0 Å². The molecule has 1 aliphatic heterocycles. The van der Waals surface area contributed by atoms with Gasteiger partial charge in [-0.2, -0.15) is 0 Å². The van der Waals surface area contributed by atoms with E-state index >= 15 is 0 Å². The van der Waals surface area contributed by atoms with Crippen molar-refractivity contribution in [2.45, 2.75) is 32.2 Å². The summed E-state index contributed by atoms with van der Waals surface area (Å²) in [6.45, 7) is 4.59. The van der Waals surface area contributed by atoms with Crippen molar-refractivity contribution in [3.05, 3.63) is 33.3 Å². The first kappa shape index (κ1) is 21.5. The van der Waals surface area contributed by atoms with Gasteiger partial charge in [0, 0.05) is 30.2 Å². The van der Waals surface area contributed by atoms with Gasteiger partial charge in [-0.25, -0.2) is 0 Å². The Bertz CT molecular complexity index is 595. The standard InChI is InChI=1S/C16H22ClN3O4.ClH/c1-2-8-19(13-5-7-18-11-13)16(21)6-9-24-15-4-3-12(17)10-14(15)20(22)23;/h3-4,10,13,18H,2,5-9,11H2,1H3;1H. The average Bonchev–Trinajstić information content (AvgIpc) is 3.07. The summed E-state index contributed by atoms with van der Waals surface area (Å²) in [6, 6.07) is 4.45. The van der Waals surface area contributed by atoms with Crippen LogP contribution in [0.5, 0.6) is 5.75 Å². The number of hydrogen-bond donors (Lipinski definition) is 1. The third kappa shape index (κ3) is 6.02. The van der Waals surface area contributed by atoms with Gasteiger partial charge in [0.05, 0.1) is 18.0 Å². The van der Waals surface area contributed by atoms with Crippen LogP contribution < -0.4 is 10.1 Å². The molecule has 1 N–H and O–H groups in total. The normalized spacial score (nSPS) is 16.2. The molecule has 0 radical (unpaired) electrons. The number of hydrogen-bond acceptors (Lipinski definition) is 5. The topological polar surface area (TPSA) is 84.7 Å². The summed E-state index contributed by atoms with van der Waals surface area (Å²) in [5, 5.41) is 14.6. The highest BCUT2D eigenvalue weighted by Gasteiger charge is 2.25. The molecule has 1 aromatic carbocycles. The van der Waals surface area contributed by atoms with Crippen LogP contribution >= 0.6 is 24.0 Å². The van der Waals surface area contributed by atoms with E-state index in [1.54, 1.807) is 0 Å². The lowest BCUT2D eigenvalue weighted by atomic mass is 10.2. The maximum absolute atomic E-state index is 12.4. The van der Waals surface area contributed by atoms with Crippen molar-refractivity contribution in [1.82, 2.24) is 10.2 Å². The smallest absolute Gasteiger partial charge is 0.312 e. The summed E-state index contributed by atoms with van der Waals surface area (Å²) in [5.74, 6) is 0.143. The summed E-state index contributed by atoms with van der Waals surface area (Å²) in [5.41, 5.74) is -0.194. The molecule has 1 unspecified atom stereocenters. The molecule has 7 nitrogen and oxygen atoms in total. The first-order valence-corrected chi connectivity index (χ1v) is 8.47. The van der Waals surface area contributed by atoms with Gasteiger partial charge in [0.15, 0.2) is 5.75 Å². The Morgan fingerprint density at radius 3 is 2.88 bits per heavy atom. The van der Waals surface area contributed by atoms with Crippen molar-refractivity contribution < 1.29 is 14.5 Å². The molecule has 1 atom stereocenters. The zero-order valence-corrected chi connectivity index (χ0v) is 15.6. The van der Waals surface area contributed by atoms with Crippen molar-refractivity contribution in [1.29, 1.82) is 0 Å². The van der Waals surface area contributed by atoms with Crippen molar-refractivity contribution in [3.63, 3.8) is 0 Å². The van der Waals surface area contributed by atoms with E-state index in [-0.39, 0.29) is 53.8 Å². The molecule has 1 fully saturated rings. The van der Waals surface area contributed by atoms with Crippen LogP contribution in [0.15, 0.2) is 18.2 Å². The Morgan fingerprint density at radius 1 is 1.52 bits per heavy atom. The molecular weight excluding hydrogens is 369 g/mol. The highest BCUT2D eigenvalue weighted by molar-refractivity contribution is 6.30. The van der Waals surface area contributed by atoms with Gasteiger partial charge in [0.1, 0.15) is 0 Å². The second-order valence-electron chi connectivity index (χ2n) is 5.70. The van der Waals surface area contributed by atoms with Gasteiger partial charge >= 0.3 is 5.69 Å². The van der Waals surface area contributed by atoms with Crippen LogP contribution in [0.1, 0.15) is 26.2 Å². The van der Waals surface area contributed by atoms with Gasteiger partial charge in [-0.15, -0.1) is 12.4 Å². The zero-order chi connectivity index (χ0) is 17.5. The average molecular weight is 392 g/mol. The van der Waals surface area contributed by atoms with E-state index in [0.29, 0.717) is 6.54 Å². The van der Waals surface area contributed by atoms with E-state index in [1.165, 1.54) is 18.2 Å². The number of rotatable bonds is 8. The Hall–Kier alpha value is -1.57. The number of benzene rings is 1. The van der Waals surface area contributed by atoms with E-state index in [1.807, 2.05) is 11.8 Å². The first-order chi connectivity index (χ1) is 11.5. The molecule has 25 heavy (non-hydrogen) atoms. The van der Waals surface area contributed by atoms with Gasteiger partial charge < -0.3 is 15.0 Å². The monoisotopic (exact) mass is 391 g/mol. The van der Waals surface area contributed by atoms with Gasteiger partial charge in [-0.05, 0) is 31.5 Å². The predicted octanol–water partition coefficient (Wildman–Crippen LogP) is 3.04. The SMILES string of the molecule is CCCN(C(=O)CCOc1ccc(Cl)cc1[N+](=O)[O-])C1CCNC1.Cl. The van der Waals surface area contributed by atoms with Gasteiger partial charge in [0.25, 0.3) is 0 Å². The Balaban J connectivity index is 0.00000312. The summed E-state index contributed by atoms with van der Waals surface area (Å²) >= 11 is 5.77. The minimum Gasteiger partial charge on any atom is -0.486 e. The third-order valence-corrected chi connectivity index (χ3v) is 4.19. The van der Waals surface area contributed by atoms with E-state index in [2.05, 4.69) is 5.32 Å². The molecule has 1 heterocycles. The molecule has 1 aromatic rings. The van der Waals surface area contributed by atoms with Crippen LogP contribution in [0, 0.1) is 10.1 Å². The maximum atomic E-state index is 12.4. The van der Waals surface area contributed by atoms with E-state index in [9.17, 15) is 14.9 Å². The fourth-order valence-electron chi connectivity index (χ4n) is 2.80. The number of nitro benzene ring substituents is 1. The van der Waals surface area contributed by atoms with Crippen molar-refractivity contribution >= 4 is 35.6 Å². The fraction of sp³-hybridized carbons (Fsp3) is 0.562. The molecule has 1 aliphatic rings. The van der Waals surface area contributed by atoms with Gasteiger partial charge in [0.2, 0.25) is 5.91 Å². The summed E-state index contributed by atoms with van der Waals surface area (Å²) in [4.78, 5) is 24.8. The Labute approximate surface area is 158 Å². The molecule has 2 rings (SSSR count). The number of halogens is 2. The van der Waals surface area contributed by atoms with Gasteiger partial charge in [-0.3, -0.25) is 14.9 Å². The number of nitrogens with zero attached hydrogens (tertiary/aromatic N) is 2. The molecule has 0 bridgehead atoms. The van der Waals surface area contributed by atoms with Crippen molar-refractivity contribution in [3.8, 4) is 5.75 Å². The van der Waals surface area contributed by atoms with Crippen LogP contribution in [0.25, 0.3) is 0 Å². The number of carbonyl (C=O) groups is 1. The highest BCUT2D eigenvalue weighted by atomic mass is 35.5. The molecule has 0 aliphatic carbocycles. The molecule has 1 amide bonds.